The lowest BCUT2D eigenvalue weighted by Crippen LogP contribution is -2.28. The van der Waals surface area contributed by atoms with E-state index in [-0.39, 0.29) is 29.8 Å². The molecule has 0 bridgehead atoms. The van der Waals surface area contributed by atoms with Crippen molar-refractivity contribution in [3.63, 3.8) is 0 Å². The number of benzene rings is 2. The molecule has 1 N–H and O–H groups in total. The summed E-state index contributed by atoms with van der Waals surface area (Å²) in [7, 11) is 0. The number of halogens is 2. The molecule has 144 valence electrons. The Kier molecular flexibility index (Phi) is 5.49. The van der Waals surface area contributed by atoms with E-state index < -0.39 is 17.7 Å². The minimum absolute atomic E-state index is 0.161. The Morgan fingerprint density at radius 1 is 1.14 bits per heavy atom. The van der Waals surface area contributed by atoms with Crippen LogP contribution in [0.5, 0.6) is 0 Å². The van der Waals surface area contributed by atoms with Crippen LogP contribution in [0.4, 0.5) is 19.3 Å². The van der Waals surface area contributed by atoms with Crippen molar-refractivity contribution in [2.75, 3.05) is 11.4 Å². The summed E-state index contributed by atoms with van der Waals surface area (Å²) < 4.78 is 27.9. The molecular weight excluding hydrogens is 368 g/mol. The number of rotatable bonds is 5. The molecule has 0 unspecified atom stereocenters. The van der Waals surface area contributed by atoms with Crippen molar-refractivity contribution in [1.82, 2.24) is 9.78 Å². The number of anilines is 1. The van der Waals surface area contributed by atoms with E-state index in [9.17, 15) is 23.5 Å². The molecule has 2 aromatic carbocycles. The first-order chi connectivity index (χ1) is 13.4. The molecule has 0 aliphatic carbocycles. The molecule has 0 atom stereocenters. The Hall–Kier alpha value is -3.55. The summed E-state index contributed by atoms with van der Waals surface area (Å²) in [4.78, 5) is 24.7. The van der Waals surface area contributed by atoms with Gasteiger partial charge in [-0.1, -0.05) is 12.1 Å². The van der Waals surface area contributed by atoms with Crippen molar-refractivity contribution >= 4 is 11.8 Å². The molecule has 0 fully saturated rings. The zero-order valence-corrected chi connectivity index (χ0v) is 15.0. The van der Waals surface area contributed by atoms with E-state index in [1.807, 2.05) is 0 Å². The van der Waals surface area contributed by atoms with Crippen molar-refractivity contribution in [3.8, 4) is 5.69 Å². The van der Waals surface area contributed by atoms with Gasteiger partial charge in [0, 0.05) is 37.0 Å². The quantitative estimate of drug-likeness (QED) is 0.728. The molecule has 8 heteroatoms. The van der Waals surface area contributed by atoms with Gasteiger partial charge in [-0.3, -0.25) is 9.69 Å². The lowest BCUT2D eigenvalue weighted by Gasteiger charge is -2.17. The normalized spacial score (nSPS) is 10.7. The Morgan fingerprint density at radius 3 is 2.61 bits per heavy atom. The van der Waals surface area contributed by atoms with Gasteiger partial charge in [0.05, 0.1) is 5.69 Å². The third-order valence-electron chi connectivity index (χ3n) is 4.19. The highest BCUT2D eigenvalue weighted by molar-refractivity contribution is 5.86. The van der Waals surface area contributed by atoms with Gasteiger partial charge in [0.25, 0.3) is 0 Å². The minimum Gasteiger partial charge on any atom is -0.465 e. The highest BCUT2D eigenvalue weighted by atomic mass is 19.2. The predicted octanol–water partition coefficient (Wildman–Crippen LogP) is 3.61. The topological polar surface area (TPSA) is 75.4 Å². The number of carboxylic acid groups (broad SMARTS) is 1. The van der Waals surface area contributed by atoms with Crippen molar-refractivity contribution < 1.29 is 18.7 Å². The first-order valence-electron chi connectivity index (χ1n) is 8.52. The first-order valence-corrected chi connectivity index (χ1v) is 8.52. The molecule has 3 rings (SSSR count). The fraction of sp³-hybridized carbons (Fsp3) is 0.150. The van der Waals surface area contributed by atoms with Crippen LogP contribution >= 0.6 is 0 Å². The Bertz CT molecular complexity index is 1080. The van der Waals surface area contributed by atoms with Crippen LogP contribution in [0, 0.1) is 11.6 Å². The maximum absolute atomic E-state index is 13.5. The number of nitrogens with zero attached hydrogens (tertiary/aromatic N) is 3. The van der Waals surface area contributed by atoms with Gasteiger partial charge in [0.2, 0.25) is 5.43 Å². The van der Waals surface area contributed by atoms with Gasteiger partial charge in [-0.25, -0.2) is 18.3 Å². The molecule has 1 heterocycles. The highest BCUT2D eigenvalue weighted by Gasteiger charge is 2.13. The Labute approximate surface area is 159 Å². The van der Waals surface area contributed by atoms with Gasteiger partial charge in [-0.05, 0) is 36.8 Å². The van der Waals surface area contributed by atoms with Gasteiger partial charge in [0.15, 0.2) is 11.6 Å². The zero-order valence-electron chi connectivity index (χ0n) is 15.0. The molecule has 28 heavy (non-hydrogen) atoms. The fourth-order valence-electron chi connectivity index (χ4n) is 2.80. The van der Waals surface area contributed by atoms with Crippen LogP contribution in [0.25, 0.3) is 5.69 Å². The van der Waals surface area contributed by atoms with Gasteiger partial charge in [-0.2, -0.15) is 5.10 Å². The molecule has 0 spiro atoms. The molecule has 0 saturated heterocycles. The second-order valence-corrected chi connectivity index (χ2v) is 6.04. The molecule has 6 nitrogen and oxygen atoms in total. The standard InChI is InChI=1S/C20H17F2N3O3/c1-2-24(20(27)28)14-5-3-4-13(10-14)11-18-19(26)8-9-25(23-18)15-6-7-16(21)17(22)12-15/h3-10,12H,2,11H2,1H3,(H,27,28). The SMILES string of the molecule is CCN(C(=O)O)c1cccc(Cc2nn(-c3ccc(F)c(F)c3)ccc2=O)c1. The summed E-state index contributed by atoms with van der Waals surface area (Å²) >= 11 is 0. The fourth-order valence-corrected chi connectivity index (χ4v) is 2.80. The number of hydrogen-bond donors (Lipinski definition) is 1. The van der Waals surface area contributed by atoms with Crippen LogP contribution in [0.2, 0.25) is 0 Å². The molecule has 0 saturated carbocycles. The number of amides is 1. The maximum atomic E-state index is 13.5. The van der Waals surface area contributed by atoms with E-state index >= 15 is 0 Å². The average Bonchev–Trinajstić information content (AvgIpc) is 2.66. The number of carbonyl (C=O) groups is 1. The van der Waals surface area contributed by atoms with Crippen LogP contribution in [0.1, 0.15) is 18.2 Å². The molecule has 0 radical (unpaired) electrons. The highest BCUT2D eigenvalue weighted by Crippen LogP contribution is 2.18. The van der Waals surface area contributed by atoms with E-state index in [1.54, 1.807) is 31.2 Å². The molecule has 3 aromatic rings. The molecule has 0 aliphatic heterocycles. The van der Waals surface area contributed by atoms with E-state index in [0.29, 0.717) is 11.3 Å². The van der Waals surface area contributed by atoms with Gasteiger partial charge in [-0.15, -0.1) is 0 Å². The van der Waals surface area contributed by atoms with Crippen molar-refractivity contribution in [2.24, 2.45) is 0 Å². The largest absolute Gasteiger partial charge is 0.465 e. The van der Waals surface area contributed by atoms with E-state index in [2.05, 4.69) is 5.10 Å². The zero-order chi connectivity index (χ0) is 20.3. The monoisotopic (exact) mass is 385 g/mol. The maximum Gasteiger partial charge on any atom is 0.411 e. The Balaban J connectivity index is 1.94. The summed E-state index contributed by atoms with van der Waals surface area (Å²) in [6.45, 7) is 2.01. The lowest BCUT2D eigenvalue weighted by atomic mass is 10.1. The van der Waals surface area contributed by atoms with Crippen LogP contribution < -0.4 is 10.3 Å². The minimum atomic E-state index is -1.07. The van der Waals surface area contributed by atoms with Gasteiger partial charge >= 0.3 is 6.09 Å². The summed E-state index contributed by atoms with van der Waals surface area (Å²) in [5.41, 5.74) is 1.35. The summed E-state index contributed by atoms with van der Waals surface area (Å²) in [6.07, 6.45) is 0.463. The van der Waals surface area contributed by atoms with E-state index in [1.165, 1.54) is 27.9 Å². The molecule has 1 aromatic heterocycles. The van der Waals surface area contributed by atoms with Gasteiger partial charge in [0.1, 0.15) is 5.69 Å². The lowest BCUT2D eigenvalue weighted by molar-refractivity contribution is 0.202. The predicted molar refractivity (Wildman–Crippen MR) is 100 cm³/mol. The van der Waals surface area contributed by atoms with Gasteiger partial charge < -0.3 is 5.11 Å². The van der Waals surface area contributed by atoms with Crippen LogP contribution in [-0.2, 0) is 6.42 Å². The summed E-state index contributed by atoms with van der Waals surface area (Å²) in [6, 6.07) is 11.4. The Morgan fingerprint density at radius 2 is 1.93 bits per heavy atom. The van der Waals surface area contributed by atoms with Crippen LogP contribution in [-0.4, -0.2) is 27.5 Å². The number of aromatic nitrogens is 2. The number of hydrogen-bond acceptors (Lipinski definition) is 3. The second-order valence-electron chi connectivity index (χ2n) is 6.04. The van der Waals surface area contributed by atoms with E-state index in [0.717, 1.165) is 12.1 Å². The first kappa shape index (κ1) is 19.2. The molecule has 0 aliphatic rings. The average molecular weight is 385 g/mol. The second kappa shape index (κ2) is 7.99. The summed E-state index contributed by atoms with van der Waals surface area (Å²) in [5, 5.41) is 13.5. The summed E-state index contributed by atoms with van der Waals surface area (Å²) in [5.74, 6) is -1.98. The van der Waals surface area contributed by atoms with Crippen molar-refractivity contribution in [2.45, 2.75) is 13.3 Å². The smallest absolute Gasteiger partial charge is 0.411 e. The van der Waals surface area contributed by atoms with Crippen molar-refractivity contribution in [1.29, 1.82) is 0 Å². The van der Waals surface area contributed by atoms with Crippen LogP contribution in [0.3, 0.4) is 0 Å². The molecular formula is C20H17F2N3O3. The molecule has 1 amide bonds. The van der Waals surface area contributed by atoms with E-state index in [4.69, 9.17) is 0 Å². The third kappa shape index (κ3) is 4.06. The van der Waals surface area contributed by atoms with Crippen molar-refractivity contribution in [3.05, 3.63) is 87.8 Å². The van der Waals surface area contributed by atoms with Crippen LogP contribution in [0.15, 0.2) is 59.5 Å². The third-order valence-corrected chi connectivity index (χ3v) is 4.19.